The van der Waals surface area contributed by atoms with Crippen molar-refractivity contribution in [1.29, 1.82) is 0 Å². The number of benzene rings is 1. The smallest absolute Gasteiger partial charge is 0.0562 e. The zero-order valence-electron chi connectivity index (χ0n) is 9.95. The molecule has 0 saturated heterocycles. The van der Waals surface area contributed by atoms with E-state index in [1.54, 1.807) is 18.9 Å². The molecule has 0 unspecified atom stereocenters. The van der Waals surface area contributed by atoms with Crippen molar-refractivity contribution in [3.8, 4) is 0 Å². The average molecular weight is 276 g/mol. The van der Waals surface area contributed by atoms with Gasteiger partial charge in [0, 0.05) is 36.7 Å². The van der Waals surface area contributed by atoms with Gasteiger partial charge in [0.05, 0.1) is 11.6 Å². The minimum absolute atomic E-state index is 0.693. The number of halogens is 1. The van der Waals surface area contributed by atoms with Crippen LogP contribution in [0, 0.1) is 0 Å². The first-order valence-electron chi connectivity index (χ1n) is 5.49. The molecular formula is C12H18ClNO2S. The summed E-state index contributed by atoms with van der Waals surface area (Å²) in [7, 11) is 1.69. The van der Waals surface area contributed by atoms with Crippen molar-refractivity contribution in [2.75, 3.05) is 38.4 Å². The van der Waals surface area contributed by atoms with Crippen molar-refractivity contribution < 1.29 is 9.47 Å². The van der Waals surface area contributed by atoms with E-state index in [4.69, 9.17) is 26.8 Å². The van der Waals surface area contributed by atoms with Crippen LogP contribution in [0.3, 0.4) is 0 Å². The Balaban J connectivity index is 2.18. The van der Waals surface area contributed by atoms with E-state index in [2.05, 4.69) is 0 Å². The van der Waals surface area contributed by atoms with Crippen LogP contribution < -0.4 is 5.73 Å². The van der Waals surface area contributed by atoms with Crippen molar-refractivity contribution in [2.45, 2.75) is 11.3 Å². The molecule has 0 heterocycles. The van der Waals surface area contributed by atoms with E-state index < -0.39 is 0 Å². The molecule has 0 saturated carbocycles. The highest BCUT2D eigenvalue weighted by Crippen LogP contribution is 2.32. The molecule has 3 nitrogen and oxygen atoms in total. The highest BCUT2D eigenvalue weighted by atomic mass is 35.5. The monoisotopic (exact) mass is 275 g/mol. The standard InChI is InChI=1S/C12H18ClNO2S/c1-15-6-3-7-16-8-9-17-12-10(13)4-2-5-11(12)14/h2,4-5H,3,6-9,14H2,1H3. The Labute approximate surface area is 112 Å². The van der Waals surface area contributed by atoms with E-state index >= 15 is 0 Å². The molecule has 0 aliphatic carbocycles. The van der Waals surface area contributed by atoms with Crippen molar-refractivity contribution >= 4 is 29.1 Å². The van der Waals surface area contributed by atoms with Crippen LogP contribution in [0.15, 0.2) is 23.1 Å². The summed E-state index contributed by atoms with van der Waals surface area (Å²) >= 11 is 7.68. The summed E-state index contributed by atoms with van der Waals surface area (Å²) in [5.74, 6) is 0.848. The molecule has 0 fully saturated rings. The Kier molecular flexibility index (Phi) is 7.44. The zero-order chi connectivity index (χ0) is 12.5. The third kappa shape index (κ3) is 5.64. The maximum absolute atomic E-state index is 6.05. The van der Waals surface area contributed by atoms with E-state index in [1.165, 1.54) is 0 Å². The maximum atomic E-state index is 6.05. The van der Waals surface area contributed by atoms with E-state index in [1.807, 2.05) is 18.2 Å². The third-order valence-electron chi connectivity index (χ3n) is 2.11. The second-order valence-electron chi connectivity index (χ2n) is 3.47. The minimum Gasteiger partial charge on any atom is -0.398 e. The Hall–Kier alpha value is -0.420. The Morgan fingerprint density at radius 3 is 2.82 bits per heavy atom. The number of hydrogen-bond acceptors (Lipinski definition) is 4. The van der Waals surface area contributed by atoms with E-state index in [9.17, 15) is 0 Å². The van der Waals surface area contributed by atoms with Gasteiger partial charge in [-0.25, -0.2) is 0 Å². The number of anilines is 1. The normalized spacial score (nSPS) is 10.7. The molecule has 0 radical (unpaired) electrons. The molecule has 1 aromatic carbocycles. The fourth-order valence-electron chi connectivity index (χ4n) is 1.29. The lowest BCUT2D eigenvalue weighted by Crippen LogP contribution is -2.02. The van der Waals surface area contributed by atoms with E-state index in [-0.39, 0.29) is 0 Å². The largest absolute Gasteiger partial charge is 0.398 e. The zero-order valence-corrected chi connectivity index (χ0v) is 11.5. The molecule has 1 rings (SSSR count). The molecule has 0 bridgehead atoms. The molecule has 0 aliphatic rings. The highest BCUT2D eigenvalue weighted by molar-refractivity contribution is 7.99. The summed E-state index contributed by atoms with van der Waals surface area (Å²) in [6, 6.07) is 5.55. The quantitative estimate of drug-likeness (QED) is 0.450. The summed E-state index contributed by atoms with van der Waals surface area (Å²) in [6.07, 6.45) is 0.926. The first-order chi connectivity index (χ1) is 8.25. The van der Waals surface area contributed by atoms with Crippen LogP contribution in [0.25, 0.3) is 0 Å². The van der Waals surface area contributed by atoms with Gasteiger partial charge in [-0.3, -0.25) is 0 Å². The SMILES string of the molecule is COCCCOCCSc1c(N)cccc1Cl. The third-order valence-corrected chi connectivity index (χ3v) is 3.65. The van der Waals surface area contributed by atoms with Crippen molar-refractivity contribution in [1.82, 2.24) is 0 Å². The predicted octanol–water partition coefficient (Wildman–Crippen LogP) is 3.07. The summed E-state index contributed by atoms with van der Waals surface area (Å²) in [5, 5.41) is 0.703. The lowest BCUT2D eigenvalue weighted by atomic mass is 10.3. The summed E-state index contributed by atoms with van der Waals surface area (Å²) in [4.78, 5) is 0.939. The lowest BCUT2D eigenvalue weighted by molar-refractivity contribution is 0.113. The van der Waals surface area contributed by atoms with Gasteiger partial charge in [0.25, 0.3) is 0 Å². The van der Waals surface area contributed by atoms with Crippen molar-refractivity contribution in [3.05, 3.63) is 23.2 Å². The number of methoxy groups -OCH3 is 1. The second-order valence-corrected chi connectivity index (χ2v) is 4.98. The topological polar surface area (TPSA) is 44.5 Å². The summed E-state index contributed by atoms with van der Waals surface area (Å²) in [6.45, 7) is 2.16. The van der Waals surface area contributed by atoms with Crippen LogP contribution in [-0.4, -0.2) is 32.7 Å². The minimum atomic E-state index is 0.693. The molecule has 0 spiro atoms. The molecule has 5 heteroatoms. The number of rotatable bonds is 8. The fourth-order valence-corrected chi connectivity index (χ4v) is 2.48. The summed E-state index contributed by atoms with van der Waals surface area (Å²) in [5.41, 5.74) is 6.56. The van der Waals surface area contributed by atoms with Gasteiger partial charge in [0.2, 0.25) is 0 Å². The second kappa shape index (κ2) is 8.64. The van der Waals surface area contributed by atoms with Gasteiger partial charge < -0.3 is 15.2 Å². The number of ether oxygens (including phenoxy) is 2. The predicted molar refractivity (Wildman–Crippen MR) is 73.9 cm³/mol. The maximum Gasteiger partial charge on any atom is 0.0562 e. The molecule has 17 heavy (non-hydrogen) atoms. The molecule has 0 aliphatic heterocycles. The van der Waals surface area contributed by atoms with Crippen LogP contribution in [-0.2, 0) is 9.47 Å². The van der Waals surface area contributed by atoms with Gasteiger partial charge in [-0.2, -0.15) is 0 Å². The first-order valence-corrected chi connectivity index (χ1v) is 6.85. The Morgan fingerprint density at radius 2 is 2.12 bits per heavy atom. The van der Waals surface area contributed by atoms with Crippen LogP contribution in [0.1, 0.15) is 6.42 Å². The molecular weight excluding hydrogens is 258 g/mol. The van der Waals surface area contributed by atoms with Crippen LogP contribution in [0.2, 0.25) is 5.02 Å². The van der Waals surface area contributed by atoms with Crippen molar-refractivity contribution in [3.63, 3.8) is 0 Å². The lowest BCUT2D eigenvalue weighted by Gasteiger charge is -2.07. The van der Waals surface area contributed by atoms with Crippen LogP contribution in [0.4, 0.5) is 5.69 Å². The van der Waals surface area contributed by atoms with Gasteiger partial charge in [-0.05, 0) is 18.6 Å². The highest BCUT2D eigenvalue weighted by Gasteiger charge is 2.04. The number of thioether (sulfide) groups is 1. The molecule has 0 amide bonds. The molecule has 2 N–H and O–H groups in total. The first kappa shape index (κ1) is 14.6. The van der Waals surface area contributed by atoms with Crippen molar-refractivity contribution in [2.24, 2.45) is 0 Å². The van der Waals surface area contributed by atoms with Gasteiger partial charge in [0.15, 0.2) is 0 Å². The van der Waals surface area contributed by atoms with E-state index in [0.29, 0.717) is 11.6 Å². The van der Waals surface area contributed by atoms with Gasteiger partial charge in [-0.15, -0.1) is 11.8 Å². The number of nitrogen functional groups attached to an aromatic ring is 1. The van der Waals surface area contributed by atoms with Gasteiger partial charge >= 0.3 is 0 Å². The Bertz CT molecular complexity index is 316. The van der Waals surface area contributed by atoms with E-state index in [0.717, 1.165) is 36.0 Å². The van der Waals surface area contributed by atoms with Crippen LogP contribution >= 0.6 is 23.4 Å². The summed E-state index contributed by atoms with van der Waals surface area (Å²) < 4.78 is 10.4. The molecule has 0 atom stereocenters. The molecule has 0 aromatic heterocycles. The number of nitrogens with two attached hydrogens (primary N) is 1. The number of hydrogen-bond donors (Lipinski definition) is 1. The molecule has 96 valence electrons. The van der Waals surface area contributed by atoms with Gasteiger partial charge in [-0.1, -0.05) is 17.7 Å². The Morgan fingerprint density at radius 1 is 1.29 bits per heavy atom. The van der Waals surface area contributed by atoms with Gasteiger partial charge in [0.1, 0.15) is 0 Å². The fraction of sp³-hybridized carbons (Fsp3) is 0.500. The average Bonchev–Trinajstić information content (AvgIpc) is 2.31. The van der Waals surface area contributed by atoms with Crippen LogP contribution in [0.5, 0.6) is 0 Å². The molecule has 1 aromatic rings.